The van der Waals surface area contributed by atoms with Crippen molar-refractivity contribution in [1.82, 2.24) is 4.90 Å². The molecule has 1 heterocycles. The minimum atomic E-state index is -2.30. The lowest BCUT2D eigenvalue weighted by Crippen LogP contribution is -2.36. The molecule has 6 heteroatoms. The van der Waals surface area contributed by atoms with Gasteiger partial charge in [0.25, 0.3) is 0 Å². The fourth-order valence-electron chi connectivity index (χ4n) is 1.05. The Bertz CT molecular complexity index is 298. The molecular formula is C5H8N2O3S. The Morgan fingerprint density at radius 1 is 1.55 bits per heavy atom. The second kappa shape index (κ2) is 2.91. The van der Waals surface area contributed by atoms with Gasteiger partial charge in [-0.3, -0.25) is 4.90 Å². The molecule has 1 aliphatic rings. The van der Waals surface area contributed by atoms with Crippen LogP contribution in [0, 0.1) is 0 Å². The van der Waals surface area contributed by atoms with Crippen LogP contribution in [-0.4, -0.2) is 30.9 Å². The summed E-state index contributed by atoms with van der Waals surface area (Å²) in [6.45, 7) is 0.415. The van der Waals surface area contributed by atoms with Crippen LogP contribution < -0.4 is 5.73 Å². The summed E-state index contributed by atoms with van der Waals surface area (Å²) in [6.07, 6.45) is 1.09. The molecule has 0 bridgehead atoms. The molecule has 1 fully saturated rings. The van der Waals surface area contributed by atoms with Crippen molar-refractivity contribution >= 4 is 21.3 Å². The number of nitrogens with zero attached hydrogens (tertiary/aromatic N) is 1. The molecule has 1 aliphatic heterocycles. The van der Waals surface area contributed by atoms with Crippen LogP contribution in [0.25, 0.3) is 0 Å². The zero-order chi connectivity index (χ0) is 8.43. The Hall–Kier alpha value is -1.04. The molecule has 5 nitrogen and oxygen atoms in total. The molecule has 0 spiro atoms. The highest BCUT2D eigenvalue weighted by Crippen LogP contribution is 2.09. The SMILES string of the molecule is NC(=O)N1CCCC1=S(=O)=O. The topological polar surface area (TPSA) is 80.5 Å². The molecule has 0 saturated carbocycles. The highest BCUT2D eigenvalue weighted by Gasteiger charge is 2.23. The molecule has 2 amide bonds. The van der Waals surface area contributed by atoms with E-state index in [1.807, 2.05) is 0 Å². The summed E-state index contributed by atoms with van der Waals surface area (Å²) in [5.74, 6) is 0. The first-order chi connectivity index (χ1) is 5.13. The summed E-state index contributed by atoms with van der Waals surface area (Å²) < 4.78 is 20.9. The van der Waals surface area contributed by atoms with Crippen molar-refractivity contribution in [3.8, 4) is 0 Å². The number of amides is 2. The van der Waals surface area contributed by atoms with Gasteiger partial charge in [0.1, 0.15) is 4.99 Å². The first-order valence-electron chi connectivity index (χ1n) is 3.15. The lowest BCUT2D eigenvalue weighted by molar-refractivity contribution is 0.233. The monoisotopic (exact) mass is 176 g/mol. The summed E-state index contributed by atoms with van der Waals surface area (Å²) in [6, 6.07) is -0.693. The van der Waals surface area contributed by atoms with E-state index in [1.54, 1.807) is 0 Å². The Morgan fingerprint density at radius 3 is 2.55 bits per heavy atom. The predicted octanol–water partition coefficient (Wildman–Crippen LogP) is -0.830. The lowest BCUT2D eigenvalue weighted by Gasteiger charge is -2.09. The van der Waals surface area contributed by atoms with Gasteiger partial charge in [-0.1, -0.05) is 0 Å². The maximum atomic E-state index is 10.6. The van der Waals surface area contributed by atoms with Gasteiger partial charge in [0.15, 0.2) is 0 Å². The van der Waals surface area contributed by atoms with Crippen molar-refractivity contribution in [2.75, 3.05) is 6.54 Å². The van der Waals surface area contributed by atoms with E-state index in [2.05, 4.69) is 0 Å². The normalized spacial score (nSPS) is 17.1. The van der Waals surface area contributed by atoms with Gasteiger partial charge in [-0.05, 0) is 6.42 Å². The van der Waals surface area contributed by atoms with Crippen LogP contribution in [0.5, 0.6) is 0 Å². The van der Waals surface area contributed by atoms with Crippen LogP contribution in [0.15, 0.2) is 0 Å². The van der Waals surface area contributed by atoms with Crippen LogP contribution >= 0.6 is 0 Å². The number of carbonyl (C=O) groups is 1. The molecule has 62 valence electrons. The Labute approximate surface area is 65.3 Å². The van der Waals surface area contributed by atoms with E-state index in [4.69, 9.17) is 5.73 Å². The van der Waals surface area contributed by atoms with Crippen LogP contribution in [-0.2, 0) is 10.3 Å². The van der Waals surface area contributed by atoms with Crippen molar-refractivity contribution in [1.29, 1.82) is 0 Å². The van der Waals surface area contributed by atoms with Crippen molar-refractivity contribution in [2.24, 2.45) is 5.73 Å². The zero-order valence-electron chi connectivity index (χ0n) is 5.78. The Balaban J connectivity index is 3.01. The molecule has 1 rings (SSSR count). The second-order valence-electron chi connectivity index (χ2n) is 2.22. The number of likely N-dealkylation sites (tertiary alicyclic amines) is 1. The van der Waals surface area contributed by atoms with Crippen molar-refractivity contribution in [3.63, 3.8) is 0 Å². The summed E-state index contributed by atoms with van der Waals surface area (Å²) in [4.78, 5) is 11.8. The van der Waals surface area contributed by atoms with Crippen molar-refractivity contribution in [2.45, 2.75) is 12.8 Å². The van der Waals surface area contributed by atoms with E-state index >= 15 is 0 Å². The number of carbonyl (C=O) groups excluding carboxylic acids is 1. The summed E-state index contributed by atoms with van der Waals surface area (Å²) in [5.41, 5.74) is 4.92. The van der Waals surface area contributed by atoms with Gasteiger partial charge < -0.3 is 5.73 Å². The lowest BCUT2D eigenvalue weighted by atomic mass is 10.4. The summed E-state index contributed by atoms with van der Waals surface area (Å²) >= 11 is 0. The minimum Gasteiger partial charge on any atom is -0.351 e. The number of urea groups is 1. The molecule has 2 N–H and O–H groups in total. The third kappa shape index (κ3) is 1.51. The van der Waals surface area contributed by atoms with Gasteiger partial charge in [0, 0.05) is 13.0 Å². The highest BCUT2D eigenvalue weighted by molar-refractivity contribution is 7.72. The molecule has 0 unspecified atom stereocenters. The van der Waals surface area contributed by atoms with Crippen LogP contribution in [0.1, 0.15) is 12.8 Å². The molecule has 0 aromatic rings. The third-order valence-electron chi connectivity index (χ3n) is 1.53. The third-order valence-corrected chi connectivity index (χ3v) is 2.34. The average molecular weight is 176 g/mol. The quantitative estimate of drug-likeness (QED) is 0.489. The standard InChI is InChI=1S/C5H8N2O3S/c6-5(8)7-3-1-2-4(7)11(9)10/h1-3H2,(H2,6,8). The van der Waals surface area contributed by atoms with Gasteiger partial charge in [0.2, 0.25) is 10.3 Å². The van der Waals surface area contributed by atoms with Crippen LogP contribution in [0.4, 0.5) is 4.79 Å². The van der Waals surface area contributed by atoms with Crippen LogP contribution in [0.2, 0.25) is 0 Å². The van der Waals surface area contributed by atoms with Gasteiger partial charge >= 0.3 is 6.03 Å². The Morgan fingerprint density at radius 2 is 2.18 bits per heavy atom. The molecular weight excluding hydrogens is 168 g/mol. The minimum absolute atomic E-state index is 0.109. The molecule has 0 radical (unpaired) electrons. The van der Waals surface area contributed by atoms with Gasteiger partial charge in [-0.2, -0.15) is 8.42 Å². The first kappa shape index (κ1) is 8.06. The number of hydrogen-bond donors (Lipinski definition) is 1. The van der Waals surface area contributed by atoms with E-state index in [0.29, 0.717) is 19.4 Å². The number of nitrogens with two attached hydrogens (primary N) is 1. The van der Waals surface area contributed by atoms with Crippen LogP contribution in [0.3, 0.4) is 0 Å². The number of hydrogen-bond acceptors (Lipinski definition) is 3. The van der Waals surface area contributed by atoms with E-state index < -0.39 is 16.3 Å². The molecule has 1 saturated heterocycles. The largest absolute Gasteiger partial charge is 0.351 e. The molecule has 0 atom stereocenters. The maximum absolute atomic E-state index is 10.6. The van der Waals surface area contributed by atoms with Gasteiger partial charge in [0.05, 0.1) is 0 Å². The van der Waals surface area contributed by atoms with Crippen molar-refractivity contribution in [3.05, 3.63) is 0 Å². The molecule has 0 aromatic carbocycles. The second-order valence-corrected chi connectivity index (χ2v) is 3.16. The number of primary amides is 1. The van der Waals surface area contributed by atoms with Gasteiger partial charge in [-0.25, -0.2) is 4.79 Å². The van der Waals surface area contributed by atoms with E-state index in [1.165, 1.54) is 0 Å². The fourth-order valence-corrected chi connectivity index (χ4v) is 1.73. The molecule has 11 heavy (non-hydrogen) atoms. The average Bonchev–Trinajstić information content (AvgIpc) is 2.32. The van der Waals surface area contributed by atoms with E-state index in [0.717, 1.165) is 4.90 Å². The number of rotatable bonds is 0. The van der Waals surface area contributed by atoms with E-state index in [9.17, 15) is 13.2 Å². The summed E-state index contributed by atoms with van der Waals surface area (Å²) in [5, 5.41) is 0. The smallest absolute Gasteiger partial charge is 0.319 e. The fraction of sp³-hybridized carbons (Fsp3) is 0.600. The Kier molecular flexibility index (Phi) is 2.13. The molecule has 0 aliphatic carbocycles. The summed E-state index contributed by atoms with van der Waals surface area (Å²) in [7, 11) is -2.30. The molecule has 0 aromatic heterocycles. The van der Waals surface area contributed by atoms with Gasteiger partial charge in [-0.15, -0.1) is 0 Å². The zero-order valence-corrected chi connectivity index (χ0v) is 6.60. The maximum Gasteiger partial charge on any atom is 0.319 e. The van der Waals surface area contributed by atoms with E-state index in [-0.39, 0.29) is 4.99 Å². The van der Waals surface area contributed by atoms with Crippen molar-refractivity contribution < 1.29 is 13.2 Å². The highest BCUT2D eigenvalue weighted by atomic mass is 32.2. The predicted molar refractivity (Wildman–Crippen MR) is 39.5 cm³/mol. The first-order valence-corrected chi connectivity index (χ1v) is 4.22.